The summed E-state index contributed by atoms with van der Waals surface area (Å²) in [6.07, 6.45) is 7.85. The molecular weight excluding hydrogens is 356 g/mol. The number of para-hydroxylation sites is 1. The number of aldehydes is 1. The molecule has 1 aliphatic carbocycles. The highest BCUT2D eigenvalue weighted by Crippen LogP contribution is 2.57. The molecule has 3 atom stereocenters. The minimum Gasteiger partial charge on any atom is -0.449 e. The normalized spacial score (nSPS) is 28.6. The van der Waals surface area contributed by atoms with E-state index in [1.54, 1.807) is 17.9 Å². The molecule has 0 unspecified atom stereocenters. The molecule has 1 N–H and O–H groups in total. The largest absolute Gasteiger partial charge is 0.449 e. The quantitative estimate of drug-likeness (QED) is 0.626. The Balaban J connectivity index is 1.83. The minimum atomic E-state index is -0.399. The molecule has 2 heterocycles. The molecule has 0 saturated carbocycles. The number of amides is 1. The molecule has 148 valence electrons. The molecule has 1 spiro atoms. The molecular formula is C22H26N2O4. The monoisotopic (exact) mass is 382 g/mol. The van der Waals surface area contributed by atoms with Crippen LogP contribution in [0.5, 0.6) is 0 Å². The first-order valence-corrected chi connectivity index (χ1v) is 9.89. The Kier molecular flexibility index (Phi) is 5.08. The highest BCUT2D eigenvalue weighted by atomic mass is 16.6. The van der Waals surface area contributed by atoms with Gasteiger partial charge in [0.15, 0.2) is 0 Å². The molecule has 0 aromatic heterocycles. The number of carbonyl (C=O) groups is 2. The number of likely N-dealkylation sites (tertiary alicyclic amines) is 1. The van der Waals surface area contributed by atoms with E-state index in [4.69, 9.17) is 9.84 Å². The van der Waals surface area contributed by atoms with Gasteiger partial charge in [0.2, 0.25) is 0 Å². The molecule has 0 bridgehead atoms. The lowest BCUT2D eigenvalue weighted by Crippen LogP contribution is -2.56. The smallest absolute Gasteiger partial charge is 0.414 e. The lowest BCUT2D eigenvalue weighted by Gasteiger charge is -2.44. The number of hydrogen-bond donors (Lipinski definition) is 1. The highest BCUT2D eigenvalue weighted by Gasteiger charge is 2.63. The predicted molar refractivity (Wildman–Crippen MR) is 106 cm³/mol. The molecule has 1 saturated heterocycles. The molecule has 6 nitrogen and oxygen atoms in total. The Morgan fingerprint density at radius 3 is 2.93 bits per heavy atom. The minimum absolute atomic E-state index is 0.0287. The van der Waals surface area contributed by atoms with Gasteiger partial charge in [0.05, 0.1) is 24.9 Å². The second-order valence-electron chi connectivity index (χ2n) is 7.50. The van der Waals surface area contributed by atoms with Crippen LogP contribution in [-0.4, -0.2) is 60.8 Å². The van der Waals surface area contributed by atoms with Crippen molar-refractivity contribution >= 4 is 18.1 Å². The van der Waals surface area contributed by atoms with E-state index in [0.29, 0.717) is 12.2 Å². The third-order valence-electron chi connectivity index (χ3n) is 6.36. The van der Waals surface area contributed by atoms with E-state index in [-0.39, 0.29) is 24.1 Å². The van der Waals surface area contributed by atoms with Gasteiger partial charge in [-0.05, 0) is 37.9 Å². The van der Waals surface area contributed by atoms with Crippen LogP contribution in [0.25, 0.3) is 0 Å². The number of carbonyl (C=O) groups excluding carboxylic acids is 2. The van der Waals surface area contributed by atoms with Gasteiger partial charge in [0.25, 0.3) is 0 Å². The zero-order chi connectivity index (χ0) is 19.7. The molecule has 6 heteroatoms. The van der Waals surface area contributed by atoms with Gasteiger partial charge in [-0.2, -0.15) is 0 Å². The Morgan fingerprint density at radius 2 is 2.18 bits per heavy atom. The summed E-state index contributed by atoms with van der Waals surface area (Å²) in [5.74, 6) is 0. The number of hydrogen-bond acceptors (Lipinski definition) is 5. The molecule has 1 aromatic carbocycles. The molecule has 3 aliphatic rings. The number of nitrogens with zero attached hydrogens (tertiary/aromatic N) is 2. The highest BCUT2D eigenvalue weighted by molar-refractivity contribution is 5.97. The molecule has 0 radical (unpaired) electrons. The SMILES string of the molecule is CCOC(=O)N1c2ccccc2[C@]23CCN(C/C=C/CO)[C@H]2CC=C(C=O)[C@H]13. The third-order valence-corrected chi connectivity index (χ3v) is 6.36. The Morgan fingerprint density at radius 1 is 1.36 bits per heavy atom. The Hall–Kier alpha value is -2.44. The van der Waals surface area contributed by atoms with Crippen LogP contribution in [0.1, 0.15) is 25.3 Å². The van der Waals surface area contributed by atoms with Crippen molar-refractivity contribution in [3.05, 3.63) is 53.6 Å². The summed E-state index contributed by atoms with van der Waals surface area (Å²) in [5, 5.41) is 9.05. The molecule has 1 fully saturated rings. The van der Waals surface area contributed by atoms with Crippen LogP contribution in [-0.2, 0) is 14.9 Å². The van der Waals surface area contributed by atoms with Crippen LogP contribution in [0.2, 0.25) is 0 Å². The van der Waals surface area contributed by atoms with Crippen molar-refractivity contribution in [1.29, 1.82) is 0 Å². The summed E-state index contributed by atoms with van der Waals surface area (Å²) in [6, 6.07) is 7.82. The number of rotatable bonds is 5. The van der Waals surface area contributed by atoms with E-state index in [2.05, 4.69) is 11.0 Å². The second kappa shape index (κ2) is 7.53. The number of aliphatic hydroxyl groups is 1. The van der Waals surface area contributed by atoms with Gasteiger partial charge < -0.3 is 9.84 Å². The zero-order valence-corrected chi connectivity index (χ0v) is 16.1. The fourth-order valence-electron chi connectivity index (χ4n) is 5.38. The topological polar surface area (TPSA) is 70.1 Å². The van der Waals surface area contributed by atoms with Crippen LogP contribution in [0.4, 0.5) is 10.5 Å². The standard InChI is InChI=1S/C22H26N2O4/c1-2-28-21(27)24-18-8-4-3-7-17(18)22-11-13-23(12-5-6-14-25)19(22)10-9-16(15-26)20(22)24/h3-9,15,19-20,25H,2,10-14H2,1H3/b6-5+/t19-,20-,22+/m0/s1. The first kappa shape index (κ1) is 18.9. The molecule has 28 heavy (non-hydrogen) atoms. The Bertz CT molecular complexity index is 834. The van der Waals surface area contributed by atoms with E-state index in [0.717, 1.165) is 43.5 Å². The fourth-order valence-corrected chi connectivity index (χ4v) is 5.38. The van der Waals surface area contributed by atoms with E-state index in [1.165, 1.54) is 0 Å². The number of fused-ring (bicyclic) bond motifs is 1. The lowest BCUT2D eigenvalue weighted by molar-refractivity contribution is -0.105. The van der Waals surface area contributed by atoms with Gasteiger partial charge in [-0.3, -0.25) is 14.6 Å². The lowest BCUT2D eigenvalue weighted by atomic mass is 9.65. The van der Waals surface area contributed by atoms with Crippen molar-refractivity contribution in [1.82, 2.24) is 4.90 Å². The van der Waals surface area contributed by atoms with E-state index < -0.39 is 6.09 Å². The van der Waals surface area contributed by atoms with Gasteiger partial charge in [-0.15, -0.1) is 0 Å². The van der Waals surface area contributed by atoms with Crippen molar-refractivity contribution in [2.75, 3.05) is 31.2 Å². The predicted octanol–water partition coefficient (Wildman–Crippen LogP) is 2.42. The molecule has 1 aromatic rings. The van der Waals surface area contributed by atoms with Crippen LogP contribution in [0.3, 0.4) is 0 Å². The molecule has 1 amide bonds. The van der Waals surface area contributed by atoms with Gasteiger partial charge in [0.1, 0.15) is 6.29 Å². The van der Waals surface area contributed by atoms with Crippen LogP contribution < -0.4 is 4.90 Å². The van der Waals surface area contributed by atoms with Crippen LogP contribution in [0.15, 0.2) is 48.1 Å². The number of aliphatic hydroxyl groups excluding tert-OH is 1. The van der Waals surface area contributed by atoms with Crippen molar-refractivity contribution < 1.29 is 19.4 Å². The second-order valence-corrected chi connectivity index (χ2v) is 7.50. The summed E-state index contributed by atoms with van der Waals surface area (Å²) in [6.45, 7) is 3.73. The van der Waals surface area contributed by atoms with Crippen molar-refractivity contribution in [2.24, 2.45) is 0 Å². The Labute approximate surface area is 165 Å². The first-order chi connectivity index (χ1) is 13.7. The van der Waals surface area contributed by atoms with Gasteiger partial charge in [-0.25, -0.2) is 4.79 Å². The number of anilines is 1. The summed E-state index contributed by atoms with van der Waals surface area (Å²) in [5.41, 5.74) is 2.31. The zero-order valence-electron chi connectivity index (χ0n) is 16.1. The summed E-state index contributed by atoms with van der Waals surface area (Å²) < 4.78 is 5.37. The third kappa shape index (κ3) is 2.63. The number of benzene rings is 1. The van der Waals surface area contributed by atoms with Gasteiger partial charge in [-0.1, -0.05) is 36.4 Å². The summed E-state index contributed by atoms with van der Waals surface area (Å²) >= 11 is 0. The first-order valence-electron chi connectivity index (χ1n) is 9.89. The summed E-state index contributed by atoms with van der Waals surface area (Å²) in [4.78, 5) is 29.0. The average molecular weight is 382 g/mol. The average Bonchev–Trinajstić information content (AvgIpc) is 3.23. The van der Waals surface area contributed by atoms with Crippen molar-refractivity contribution in [3.63, 3.8) is 0 Å². The molecule has 2 aliphatic heterocycles. The fraction of sp³-hybridized carbons (Fsp3) is 0.455. The van der Waals surface area contributed by atoms with E-state index in [1.807, 2.05) is 30.4 Å². The van der Waals surface area contributed by atoms with Gasteiger partial charge >= 0.3 is 6.09 Å². The van der Waals surface area contributed by atoms with E-state index >= 15 is 0 Å². The van der Waals surface area contributed by atoms with Crippen molar-refractivity contribution in [3.8, 4) is 0 Å². The maximum atomic E-state index is 12.9. The summed E-state index contributed by atoms with van der Waals surface area (Å²) in [7, 11) is 0. The molecule has 4 rings (SSSR count). The number of ether oxygens (including phenoxy) is 1. The van der Waals surface area contributed by atoms with Gasteiger partial charge in [0, 0.05) is 23.6 Å². The maximum Gasteiger partial charge on any atom is 0.414 e. The maximum absolute atomic E-state index is 12.9. The van der Waals surface area contributed by atoms with Crippen LogP contribution >= 0.6 is 0 Å². The van der Waals surface area contributed by atoms with E-state index in [9.17, 15) is 9.59 Å². The van der Waals surface area contributed by atoms with Crippen molar-refractivity contribution in [2.45, 2.75) is 37.3 Å². The van der Waals surface area contributed by atoms with Crippen LogP contribution in [0, 0.1) is 0 Å².